The van der Waals surface area contributed by atoms with Crippen LogP contribution >= 0.6 is 0 Å². The maximum Gasteiger partial charge on any atom is 0.409 e. The van der Waals surface area contributed by atoms with Gasteiger partial charge in [0, 0.05) is 13.6 Å². The van der Waals surface area contributed by atoms with Crippen LogP contribution in [-0.2, 0) is 17.8 Å². The van der Waals surface area contributed by atoms with E-state index in [1.807, 2.05) is 0 Å². The van der Waals surface area contributed by atoms with Gasteiger partial charge in [-0.25, -0.2) is 4.79 Å². The first-order valence-corrected chi connectivity index (χ1v) is 5.27. The largest absolute Gasteiger partial charge is 0.453 e. The van der Waals surface area contributed by atoms with Gasteiger partial charge >= 0.3 is 6.09 Å². The van der Waals surface area contributed by atoms with Gasteiger partial charge in [-0.1, -0.05) is 0 Å². The number of nitrogens with zero attached hydrogens (tertiary/aromatic N) is 3. The number of rotatable bonds is 1. The lowest BCUT2D eigenvalue weighted by Crippen LogP contribution is -2.39. The number of fused-ring (bicyclic) bond motifs is 1. The molecule has 0 saturated heterocycles. The molecule has 0 fully saturated rings. The first kappa shape index (κ1) is 11.4. The average Bonchev–Trinajstić information content (AvgIpc) is 2.79. The molecule has 1 N–H and O–H groups in total. The van der Waals surface area contributed by atoms with Crippen molar-refractivity contribution in [1.29, 1.82) is 0 Å². The van der Waals surface area contributed by atoms with Crippen LogP contribution < -0.4 is 5.32 Å². The van der Waals surface area contributed by atoms with E-state index in [2.05, 4.69) is 15.2 Å². The minimum absolute atomic E-state index is 0.196. The second kappa shape index (κ2) is 4.44. The zero-order chi connectivity index (χ0) is 12.4. The van der Waals surface area contributed by atoms with Gasteiger partial charge in [0.15, 0.2) is 0 Å². The van der Waals surface area contributed by atoms with Gasteiger partial charge < -0.3 is 15.0 Å². The molecule has 0 saturated carbocycles. The van der Waals surface area contributed by atoms with Gasteiger partial charge in [-0.3, -0.25) is 9.48 Å². The van der Waals surface area contributed by atoms with Gasteiger partial charge in [-0.15, -0.1) is 0 Å². The molecule has 1 aliphatic rings. The number of ether oxygens (including phenoxy) is 1. The zero-order valence-electron chi connectivity index (χ0n) is 9.77. The molecule has 0 atom stereocenters. The van der Waals surface area contributed by atoms with Gasteiger partial charge in [0.05, 0.1) is 37.7 Å². The smallest absolute Gasteiger partial charge is 0.409 e. The fourth-order valence-corrected chi connectivity index (χ4v) is 1.85. The van der Waals surface area contributed by atoms with Crippen molar-refractivity contribution >= 4 is 12.0 Å². The Bertz CT molecular complexity index is 454. The van der Waals surface area contributed by atoms with Gasteiger partial charge in [-0.05, 0) is 0 Å². The lowest BCUT2D eigenvalue weighted by molar-refractivity contribution is 0.0951. The maximum absolute atomic E-state index is 11.6. The number of methoxy groups -OCH3 is 1. The molecule has 0 unspecified atom stereocenters. The van der Waals surface area contributed by atoms with Crippen LogP contribution in [0.15, 0.2) is 6.20 Å². The van der Waals surface area contributed by atoms with Crippen LogP contribution in [0, 0.1) is 0 Å². The van der Waals surface area contributed by atoms with E-state index in [9.17, 15) is 9.59 Å². The van der Waals surface area contributed by atoms with E-state index in [0.717, 1.165) is 5.69 Å². The molecule has 7 heteroatoms. The van der Waals surface area contributed by atoms with Crippen LogP contribution in [0.4, 0.5) is 4.79 Å². The van der Waals surface area contributed by atoms with Crippen molar-refractivity contribution in [3.05, 3.63) is 17.5 Å². The van der Waals surface area contributed by atoms with Crippen molar-refractivity contribution in [2.75, 3.05) is 20.7 Å². The molecule has 17 heavy (non-hydrogen) atoms. The molecule has 7 nitrogen and oxygen atoms in total. The third-order valence-electron chi connectivity index (χ3n) is 2.78. The molecule has 1 aromatic heterocycles. The third-order valence-corrected chi connectivity index (χ3v) is 2.78. The topological polar surface area (TPSA) is 76.5 Å². The number of carbonyl (C=O) groups is 2. The number of aromatic nitrogens is 2. The van der Waals surface area contributed by atoms with Gasteiger partial charge in [-0.2, -0.15) is 5.10 Å². The van der Waals surface area contributed by atoms with Crippen LogP contribution in [0.3, 0.4) is 0 Å². The molecular formula is C10H14N4O3. The molecule has 0 radical (unpaired) electrons. The van der Waals surface area contributed by atoms with E-state index in [1.54, 1.807) is 16.6 Å². The van der Waals surface area contributed by atoms with Crippen LogP contribution in [0.1, 0.15) is 16.1 Å². The van der Waals surface area contributed by atoms with Crippen LogP contribution in [0.2, 0.25) is 0 Å². The SMILES string of the molecule is CNC(=O)c1cnn2c1CN(C(=O)OC)CC2. The van der Waals surface area contributed by atoms with Gasteiger partial charge in [0.1, 0.15) is 0 Å². The average molecular weight is 238 g/mol. The summed E-state index contributed by atoms with van der Waals surface area (Å²) in [5.41, 5.74) is 1.24. The molecule has 0 spiro atoms. The summed E-state index contributed by atoms with van der Waals surface area (Å²) in [6.07, 6.45) is 1.13. The normalized spacial score (nSPS) is 14.1. The molecule has 0 bridgehead atoms. The Labute approximate surface area is 98.3 Å². The molecule has 1 aliphatic heterocycles. The highest BCUT2D eigenvalue weighted by Crippen LogP contribution is 2.16. The van der Waals surface area contributed by atoms with Crippen molar-refractivity contribution in [2.24, 2.45) is 0 Å². The van der Waals surface area contributed by atoms with Crippen molar-refractivity contribution in [2.45, 2.75) is 13.1 Å². The summed E-state index contributed by atoms with van der Waals surface area (Å²) in [4.78, 5) is 24.6. The van der Waals surface area contributed by atoms with E-state index in [1.165, 1.54) is 13.3 Å². The monoisotopic (exact) mass is 238 g/mol. The Morgan fingerprint density at radius 3 is 2.88 bits per heavy atom. The summed E-state index contributed by atoms with van der Waals surface area (Å²) in [7, 11) is 2.90. The van der Waals surface area contributed by atoms with Gasteiger partial charge in [0.25, 0.3) is 5.91 Å². The lowest BCUT2D eigenvalue weighted by atomic mass is 10.2. The number of hydrogen-bond acceptors (Lipinski definition) is 4. The lowest BCUT2D eigenvalue weighted by Gasteiger charge is -2.26. The molecule has 2 amide bonds. The summed E-state index contributed by atoms with van der Waals surface area (Å²) < 4.78 is 6.40. The third kappa shape index (κ3) is 1.95. The second-order valence-electron chi connectivity index (χ2n) is 3.70. The van der Waals surface area contributed by atoms with Crippen LogP contribution in [0.25, 0.3) is 0 Å². The number of hydrogen-bond donors (Lipinski definition) is 1. The molecule has 2 rings (SSSR count). The Morgan fingerprint density at radius 2 is 2.24 bits per heavy atom. The maximum atomic E-state index is 11.6. The van der Waals surface area contributed by atoms with E-state index in [4.69, 9.17) is 0 Å². The Morgan fingerprint density at radius 1 is 1.47 bits per heavy atom. The van der Waals surface area contributed by atoms with Crippen molar-refractivity contribution in [3.63, 3.8) is 0 Å². The number of nitrogens with one attached hydrogen (secondary N) is 1. The van der Waals surface area contributed by atoms with E-state index >= 15 is 0 Å². The van der Waals surface area contributed by atoms with E-state index in [-0.39, 0.29) is 12.0 Å². The fraction of sp³-hybridized carbons (Fsp3) is 0.500. The molecule has 92 valence electrons. The molecule has 0 aliphatic carbocycles. The minimum Gasteiger partial charge on any atom is -0.453 e. The van der Waals surface area contributed by atoms with Crippen molar-refractivity contribution < 1.29 is 14.3 Å². The van der Waals surface area contributed by atoms with E-state index in [0.29, 0.717) is 25.2 Å². The first-order valence-electron chi connectivity index (χ1n) is 5.27. The van der Waals surface area contributed by atoms with Gasteiger partial charge in [0.2, 0.25) is 0 Å². The number of carbonyl (C=O) groups excluding carboxylic acids is 2. The Kier molecular flexibility index (Phi) is 2.99. The summed E-state index contributed by atoms with van der Waals surface area (Å²) in [6, 6.07) is 0. The second-order valence-corrected chi connectivity index (χ2v) is 3.70. The van der Waals surface area contributed by atoms with Crippen LogP contribution in [0.5, 0.6) is 0 Å². The van der Waals surface area contributed by atoms with Crippen molar-refractivity contribution in [3.8, 4) is 0 Å². The van der Waals surface area contributed by atoms with Crippen molar-refractivity contribution in [1.82, 2.24) is 20.0 Å². The molecule has 2 heterocycles. The highest BCUT2D eigenvalue weighted by molar-refractivity contribution is 5.95. The highest BCUT2D eigenvalue weighted by atomic mass is 16.5. The standard InChI is InChI=1S/C10H14N4O3/c1-11-9(15)7-5-12-14-4-3-13(6-8(7)14)10(16)17-2/h5H,3-4,6H2,1-2H3,(H,11,15). The Hall–Kier alpha value is -2.05. The summed E-state index contributed by atoms with van der Waals surface area (Å²) in [5.74, 6) is -0.196. The Balaban J connectivity index is 2.26. The zero-order valence-corrected chi connectivity index (χ0v) is 9.77. The predicted molar refractivity (Wildman–Crippen MR) is 58.4 cm³/mol. The quantitative estimate of drug-likeness (QED) is 0.736. The minimum atomic E-state index is -0.389. The first-order chi connectivity index (χ1) is 8.17. The predicted octanol–water partition coefficient (Wildman–Crippen LogP) is -0.175. The summed E-state index contributed by atoms with van der Waals surface area (Å²) in [5, 5.41) is 6.67. The fourth-order valence-electron chi connectivity index (χ4n) is 1.85. The number of amides is 2. The van der Waals surface area contributed by atoms with E-state index < -0.39 is 0 Å². The summed E-state index contributed by atoms with van der Waals surface area (Å²) >= 11 is 0. The molecule has 1 aromatic rings. The highest BCUT2D eigenvalue weighted by Gasteiger charge is 2.26. The van der Waals surface area contributed by atoms with Crippen LogP contribution in [-0.4, -0.2) is 47.4 Å². The summed E-state index contributed by atoms with van der Waals surface area (Å²) in [6.45, 7) is 1.45. The molecule has 0 aromatic carbocycles. The molecular weight excluding hydrogens is 224 g/mol.